The topological polar surface area (TPSA) is 71.5 Å². The third-order valence-electron chi connectivity index (χ3n) is 6.08. The number of anilines is 1. The summed E-state index contributed by atoms with van der Waals surface area (Å²) in [6, 6.07) is 16.7. The highest BCUT2D eigenvalue weighted by Gasteiger charge is 2.35. The van der Waals surface area contributed by atoms with Crippen molar-refractivity contribution in [3.63, 3.8) is 0 Å². The molecular weight excluding hydrogens is 433 g/mol. The molecule has 0 saturated heterocycles. The first kappa shape index (κ1) is 23.4. The molecule has 4 rings (SSSR count). The van der Waals surface area contributed by atoms with E-state index in [-0.39, 0.29) is 17.6 Å². The maximum atomic E-state index is 13.8. The zero-order valence-electron chi connectivity index (χ0n) is 19.1. The molecule has 0 radical (unpaired) electrons. The molecule has 1 saturated carbocycles. The van der Waals surface area contributed by atoms with Crippen molar-refractivity contribution in [1.82, 2.24) is 10.3 Å². The fourth-order valence-corrected chi connectivity index (χ4v) is 4.35. The first-order chi connectivity index (χ1) is 16.6. The molecule has 1 aliphatic carbocycles. The Morgan fingerprint density at radius 3 is 2.47 bits per heavy atom. The van der Waals surface area contributed by atoms with Gasteiger partial charge in [0.25, 0.3) is 5.91 Å². The second-order valence-corrected chi connectivity index (χ2v) is 8.39. The van der Waals surface area contributed by atoms with E-state index in [2.05, 4.69) is 10.3 Å². The minimum absolute atomic E-state index is 0.0503. The van der Waals surface area contributed by atoms with Crippen LogP contribution in [0.2, 0.25) is 0 Å². The van der Waals surface area contributed by atoms with Crippen LogP contribution in [0.15, 0.2) is 72.9 Å². The zero-order valence-corrected chi connectivity index (χ0v) is 19.1. The highest BCUT2D eigenvalue weighted by molar-refractivity contribution is 6.09. The second-order valence-electron chi connectivity index (χ2n) is 8.39. The molecule has 1 aromatic heterocycles. The van der Waals surface area contributed by atoms with Gasteiger partial charge in [0.15, 0.2) is 0 Å². The van der Waals surface area contributed by atoms with Crippen LogP contribution in [0.25, 0.3) is 0 Å². The van der Waals surface area contributed by atoms with Crippen LogP contribution >= 0.6 is 0 Å². The lowest BCUT2D eigenvalue weighted by Crippen LogP contribution is -2.47. The summed E-state index contributed by atoms with van der Waals surface area (Å²) in [6.07, 6.45) is 6.61. The van der Waals surface area contributed by atoms with Crippen LogP contribution in [0.1, 0.15) is 54.2 Å². The minimum Gasteiger partial charge on any atom is -0.497 e. The lowest BCUT2D eigenvalue weighted by molar-refractivity contribution is -0.123. The van der Waals surface area contributed by atoms with Crippen molar-refractivity contribution in [2.45, 2.75) is 44.2 Å². The number of hydrogen-bond acceptors (Lipinski definition) is 4. The minimum atomic E-state index is -1.00. The van der Waals surface area contributed by atoms with Crippen LogP contribution in [0.5, 0.6) is 5.75 Å². The van der Waals surface area contributed by atoms with Crippen molar-refractivity contribution in [3.05, 3.63) is 90.0 Å². The highest BCUT2D eigenvalue weighted by Crippen LogP contribution is 2.32. The molecule has 1 atom stereocenters. The monoisotopic (exact) mass is 461 g/mol. The van der Waals surface area contributed by atoms with E-state index < -0.39 is 17.8 Å². The molecule has 1 N–H and O–H groups in total. The molecule has 0 spiro atoms. The third-order valence-corrected chi connectivity index (χ3v) is 6.08. The Bertz CT molecular complexity index is 1120. The third kappa shape index (κ3) is 5.42. The summed E-state index contributed by atoms with van der Waals surface area (Å²) in [5.74, 6) is -0.622. The molecule has 2 amide bonds. The number of carbonyl (C=O) groups is 2. The Hall–Kier alpha value is -3.74. The van der Waals surface area contributed by atoms with Crippen LogP contribution < -0.4 is 15.0 Å². The van der Waals surface area contributed by atoms with Crippen molar-refractivity contribution < 1.29 is 18.7 Å². The lowest BCUT2D eigenvalue weighted by atomic mass is 9.94. The van der Waals surface area contributed by atoms with Crippen LogP contribution in [-0.4, -0.2) is 29.9 Å². The molecular formula is C27H28FN3O3. The first-order valence-electron chi connectivity index (χ1n) is 11.5. The van der Waals surface area contributed by atoms with Crippen molar-refractivity contribution in [2.75, 3.05) is 12.0 Å². The average Bonchev–Trinajstić information content (AvgIpc) is 2.88. The Labute approximate surface area is 198 Å². The van der Waals surface area contributed by atoms with E-state index in [4.69, 9.17) is 4.74 Å². The molecule has 176 valence electrons. The SMILES string of the molecule is COc1cccc([C@@H](C(=O)NC2CCCCC2)N(C(=O)c2ccccn2)c2ccc(F)cc2)c1. The van der Waals surface area contributed by atoms with E-state index in [0.717, 1.165) is 32.1 Å². The molecule has 3 aromatic rings. The number of rotatable bonds is 7. The molecule has 6 nitrogen and oxygen atoms in total. The smallest absolute Gasteiger partial charge is 0.277 e. The van der Waals surface area contributed by atoms with E-state index >= 15 is 0 Å². The molecule has 0 unspecified atom stereocenters. The van der Waals surface area contributed by atoms with E-state index in [1.54, 1.807) is 49.6 Å². The van der Waals surface area contributed by atoms with Crippen LogP contribution in [-0.2, 0) is 4.79 Å². The van der Waals surface area contributed by atoms with Crippen LogP contribution in [0, 0.1) is 5.82 Å². The molecule has 1 fully saturated rings. The summed E-state index contributed by atoms with van der Waals surface area (Å²) in [5, 5.41) is 3.15. The number of amides is 2. The summed E-state index contributed by atoms with van der Waals surface area (Å²) in [4.78, 5) is 33.1. The Balaban J connectivity index is 1.81. The maximum absolute atomic E-state index is 13.8. The summed E-state index contributed by atoms with van der Waals surface area (Å²) >= 11 is 0. The molecule has 1 aliphatic rings. The van der Waals surface area contributed by atoms with Crippen molar-refractivity contribution >= 4 is 17.5 Å². The van der Waals surface area contributed by atoms with Gasteiger partial charge in [-0.2, -0.15) is 0 Å². The first-order valence-corrected chi connectivity index (χ1v) is 11.5. The quantitative estimate of drug-likeness (QED) is 0.534. The number of aromatic nitrogens is 1. The largest absolute Gasteiger partial charge is 0.497 e. The van der Waals surface area contributed by atoms with Gasteiger partial charge < -0.3 is 10.1 Å². The van der Waals surface area contributed by atoms with E-state index in [1.165, 1.54) is 35.4 Å². The summed E-state index contributed by atoms with van der Waals surface area (Å²) < 4.78 is 19.1. The molecule has 0 bridgehead atoms. The van der Waals surface area contributed by atoms with Gasteiger partial charge in [0, 0.05) is 17.9 Å². The molecule has 34 heavy (non-hydrogen) atoms. The molecule has 2 aromatic carbocycles. The standard InChI is InChI=1S/C27H28FN3O3/c1-34-23-11-7-8-19(18-23)25(26(32)30-21-9-3-2-4-10-21)31(22-15-13-20(28)14-16-22)27(33)24-12-5-6-17-29-24/h5-8,11-18,21,25H,2-4,9-10H2,1H3,(H,30,32)/t25-/m0/s1. The Morgan fingerprint density at radius 2 is 1.79 bits per heavy atom. The van der Waals surface area contributed by atoms with Gasteiger partial charge >= 0.3 is 0 Å². The van der Waals surface area contributed by atoms with Gasteiger partial charge in [-0.05, 0) is 66.9 Å². The van der Waals surface area contributed by atoms with Gasteiger partial charge in [-0.25, -0.2) is 4.39 Å². The van der Waals surface area contributed by atoms with Gasteiger partial charge in [0.2, 0.25) is 5.91 Å². The fourth-order valence-electron chi connectivity index (χ4n) is 4.35. The van der Waals surface area contributed by atoms with Gasteiger partial charge in [0.1, 0.15) is 23.3 Å². The van der Waals surface area contributed by atoms with Gasteiger partial charge in [-0.15, -0.1) is 0 Å². The number of methoxy groups -OCH3 is 1. The average molecular weight is 462 g/mol. The highest BCUT2D eigenvalue weighted by atomic mass is 19.1. The van der Waals surface area contributed by atoms with Crippen LogP contribution in [0.3, 0.4) is 0 Å². The van der Waals surface area contributed by atoms with Gasteiger partial charge in [-0.3, -0.25) is 19.5 Å². The van der Waals surface area contributed by atoms with Crippen molar-refractivity contribution in [3.8, 4) is 5.75 Å². The molecule has 1 heterocycles. The second kappa shape index (κ2) is 10.9. The summed E-state index contributed by atoms with van der Waals surface area (Å²) in [5.41, 5.74) is 1.16. The molecule has 0 aliphatic heterocycles. The predicted octanol–water partition coefficient (Wildman–Crippen LogP) is 5.07. The van der Waals surface area contributed by atoms with Crippen molar-refractivity contribution in [1.29, 1.82) is 0 Å². The van der Waals surface area contributed by atoms with E-state index in [1.807, 2.05) is 0 Å². The number of benzene rings is 2. The number of carbonyl (C=O) groups excluding carboxylic acids is 2. The normalized spacial score (nSPS) is 14.8. The maximum Gasteiger partial charge on any atom is 0.277 e. The number of pyridine rings is 1. The Kier molecular flexibility index (Phi) is 7.52. The summed E-state index contributed by atoms with van der Waals surface area (Å²) in [7, 11) is 1.55. The van der Waals surface area contributed by atoms with Gasteiger partial charge in [0.05, 0.1) is 7.11 Å². The number of hydrogen-bond donors (Lipinski definition) is 1. The zero-order chi connectivity index (χ0) is 23.9. The fraction of sp³-hybridized carbons (Fsp3) is 0.296. The number of nitrogens with one attached hydrogen (secondary N) is 1. The molecule has 7 heteroatoms. The van der Waals surface area contributed by atoms with E-state index in [9.17, 15) is 14.0 Å². The van der Waals surface area contributed by atoms with E-state index in [0.29, 0.717) is 17.0 Å². The Morgan fingerprint density at radius 1 is 1.03 bits per heavy atom. The number of nitrogens with zero attached hydrogens (tertiary/aromatic N) is 2. The lowest BCUT2D eigenvalue weighted by Gasteiger charge is -2.33. The summed E-state index contributed by atoms with van der Waals surface area (Å²) in [6.45, 7) is 0. The number of ether oxygens (including phenoxy) is 1. The van der Waals surface area contributed by atoms with Crippen molar-refractivity contribution in [2.24, 2.45) is 0 Å². The van der Waals surface area contributed by atoms with Crippen LogP contribution in [0.4, 0.5) is 10.1 Å². The number of halogens is 1. The van der Waals surface area contributed by atoms with Gasteiger partial charge in [-0.1, -0.05) is 37.5 Å². The predicted molar refractivity (Wildman–Crippen MR) is 128 cm³/mol.